The molecule has 1 saturated heterocycles. The predicted octanol–water partition coefficient (Wildman–Crippen LogP) is 1.62. The van der Waals surface area contributed by atoms with Crippen molar-refractivity contribution in [3.63, 3.8) is 0 Å². The number of rotatable bonds is 0. The van der Waals surface area contributed by atoms with Gasteiger partial charge in [-0.05, 0) is 32.0 Å². The fourth-order valence-corrected chi connectivity index (χ4v) is 2.77. The summed E-state index contributed by atoms with van der Waals surface area (Å²) in [5.41, 5.74) is 0.797. The third-order valence-electron chi connectivity index (χ3n) is 3.68. The second-order valence-electron chi connectivity index (χ2n) is 4.79. The average Bonchev–Trinajstić information content (AvgIpc) is 2.30. The monoisotopic (exact) mass is 219 g/mol. The number of hydrogen-bond donors (Lipinski definition) is 2. The van der Waals surface area contributed by atoms with Crippen molar-refractivity contribution in [2.45, 2.75) is 31.0 Å². The minimum Gasteiger partial charge on any atom is -0.487 e. The number of nitrogens with one attached hydrogen (secondary N) is 1. The van der Waals surface area contributed by atoms with Gasteiger partial charge in [-0.1, -0.05) is 18.2 Å². The molecule has 16 heavy (non-hydrogen) atoms. The van der Waals surface area contributed by atoms with Crippen molar-refractivity contribution < 1.29 is 9.84 Å². The molecule has 2 heterocycles. The van der Waals surface area contributed by atoms with E-state index in [1.165, 1.54) is 0 Å². The first-order valence-electron chi connectivity index (χ1n) is 5.96. The number of piperidine rings is 1. The van der Waals surface area contributed by atoms with Crippen LogP contribution < -0.4 is 10.1 Å². The van der Waals surface area contributed by atoms with E-state index in [2.05, 4.69) is 5.32 Å². The van der Waals surface area contributed by atoms with Crippen molar-refractivity contribution in [1.82, 2.24) is 5.32 Å². The van der Waals surface area contributed by atoms with Crippen LogP contribution >= 0.6 is 0 Å². The van der Waals surface area contributed by atoms with Crippen LogP contribution in [-0.2, 0) is 0 Å². The lowest BCUT2D eigenvalue weighted by molar-refractivity contribution is -0.0336. The summed E-state index contributed by atoms with van der Waals surface area (Å²) in [6.45, 7) is 1.96. The van der Waals surface area contributed by atoms with Crippen molar-refractivity contribution in [3.8, 4) is 5.75 Å². The lowest BCUT2D eigenvalue weighted by Gasteiger charge is -2.43. The molecule has 0 bridgehead atoms. The Hall–Kier alpha value is -1.06. The van der Waals surface area contributed by atoms with Crippen LogP contribution in [0.25, 0.3) is 0 Å². The fraction of sp³-hybridized carbons (Fsp3) is 0.538. The molecule has 2 aliphatic heterocycles. The molecule has 1 fully saturated rings. The van der Waals surface area contributed by atoms with Crippen LogP contribution in [0.3, 0.4) is 0 Å². The van der Waals surface area contributed by atoms with Crippen LogP contribution in [0.5, 0.6) is 5.75 Å². The van der Waals surface area contributed by atoms with Crippen molar-refractivity contribution >= 4 is 0 Å². The van der Waals surface area contributed by atoms with Crippen LogP contribution in [0.1, 0.15) is 30.9 Å². The Morgan fingerprint density at radius 1 is 1.25 bits per heavy atom. The Bertz CT molecular complexity index is 385. The maximum atomic E-state index is 10.2. The zero-order chi connectivity index (χ0) is 11.0. The highest BCUT2D eigenvalue weighted by molar-refractivity contribution is 5.38. The molecular formula is C13H17NO2. The Morgan fingerprint density at radius 3 is 2.81 bits per heavy atom. The van der Waals surface area contributed by atoms with Crippen molar-refractivity contribution in [3.05, 3.63) is 29.8 Å². The number of benzene rings is 1. The summed E-state index contributed by atoms with van der Waals surface area (Å²) >= 11 is 0. The van der Waals surface area contributed by atoms with E-state index in [9.17, 15) is 5.11 Å². The smallest absolute Gasteiger partial charge is 0.125 e. The van der Waals surface area contributed by atoms with Crippen LogP contribution in [0.4, 0.5) is 0 Å². The van der Waals surface area contributed by atoms with Gasteiger partial charge in [-0.3, -0.25) is 0 Å². The maximum Gasteiger partial charge on any atom is 0.125 e. The Morgan fingerprint density at radius 2 is 2.00 bits per heavy atom. The first-order chi connectivity index (χ1) is 7.79. The van der Waals surface area contributed by atoms with Gasteiger partial charge < -0.3 is 15.2 Å². The van der Waals surface area contributed by atoms with Crippen LogP contribution in [0.2, 0.25) is 0 Å². The first-order valence-corrected chi connectivity index (χ1v) is 5.96. The number of hydrogen-bond acceptors (Lipinski definition) is 3. The molecule has 0 radical (unpaired) electrons. The largest absolute Gasteiger partial charge is 0.487 e. The highest BCUT2D eigenvalue weighted by Gasteiger charge is 2.41. The summed E-state index contributed by atoms with van der Waals surface area (Å²) in [5.74, 6) is 0.864. The minimum atomic E-state index is -0.372. The number of aliphatic hydroxyl groups is 1. The zero-order valence-electron chi connectivity index (χ0n) is 9.28. The van der Waals surface area contributed by atoms with Crippen molar-refractivity contribution in [2.24, 2.45) is 0 Å². The second kappa shape index (κ2) is 3.75. The molecule has 0 aromatic heterocycles. The molecular weight excluding hydrogens is 202 g/mol. The molecule has 0 unspecified atom stereocenters. The average molecular weight is 219 g/mol. The number of fused-ring (bicyclic) bond motifs is 1. The first kappa shape index (κ1) is 10.1. The molecule has 2 aliphatic rings. The molecule has 3 rings (SSSR count). The van der Waals surface area contributed by atoms with Crippen LogP contribution in [0, 0.1) is 0 Å². The van der Waals surface area contributed by atoms with Gasteiger partial charge in [-0.2, -0.15) is 0 Å². The quantitative estimate of drug-likeness (QED) is 0.696. The molecule has 1 atom stereocenters. The maximum absolute atomic E-state index is 10.2. The fourth-order valence-electron chi connectivity index (χ4n) is 2.77. The lowest BCUT2D eigenvalue weighted by atomic mass is 9.82. The normalized spacial score (nSPS) is 27.2. The van der Waals surface area contributed by atoms with E-state index in [-0.39, 0.29) is 11.7 Å². The van der Waals surface area contributed by atoms with E-state index in [1.54, 1.807) is 0 Å². The second-order valence-corrected chi connectivity index (χ2v) is 4.79. The molecule has 1 aromatic rings. The predicted molar refractivity (Wildman–Crippen MR) is 61.5 cm³/mol. The van der Waals surface area contributed by atoms with Gasteiger partial charge in [-0.25, -0.2) is 0 Å². The topological polar surface area (TPSA) is 41.5 Å². The Balaban J connectivity index is 1.93. The number of ether oxygens (including phenoxy) is 1. The SMILES string of the molecule is O[C@@H]1CC2(CCNCC2)Oc2ccccc21. The summed E-state index contributed by atoms with van der Waals surface area (Å²) < 4.78 is 6.13. The zero-order valence-corrected chi connectivity index (χ0v) is 9.28. The molecule has 3 heteroatoms. The van der Waals surface area contributed by atoms with Gasteiger partial charge in [-0.15, -0.1) is 0 Å². The summed E-state index contributed by atoms with van der Waals surface area (Å²) in [6.07, 6.45) is 2.32. The van der Waals surface area contributed by atoms with E-state index >= 15 is 0 Å². The van der Waals surface area contributed by atoms with E-state index in [4.69, 9.17) is 4.74 Å². The van der Waals surface area contributed by atoms with Crippen LogP contribution in [0.15, 0.2) is 24.3 Å². The van der Waals surface area contributed by atoms with E-state index < -0.39 is 0 Å². The Labute approximate surface area is 95.4 Å². The molecule has 0 saturated carbocycles. The van der Waals surface area contributed by atoms with E-state index in [1.807, 2.05) is 24.3 Å². The lowest BCUT2D eigenvalue weighted by Crippen LogP contribution is -2.49. The third-order valence-corrected chi connectivity index (χ3v) is 3.68. The van der Waals surface area contributed by atoms with Gasteiger partial charge in [0, 0.05) is 12.0 Å². The molecule has 2 N–H and O–H groups in total. The van der Waals surface area contributed by atoms with Gasteiger partial charge in [0.05, 0.1) is 6.10 Å². The van der Waals surface area contributed by atoms with Crippen LogP contribution in [-0.4, -0.2) is 23.8 Å². The summed E-state index contributed by atoms with van der Waals surface area (Å²) in [5, 5.41) is 13.5. The van der Waals surface area contributed by atoms with Crippen molar-refractivity contribution in [1.29, 1.82) is 0 Å². The highest BCUT2D eigenvalue weighted by atomic mass is 16.5. The van der Waals surface area contributed by atoms with Crippen molar-refractivity contribution in [2.75, 3.05) is 13.1 Å². The minimum absolute atomic E-state index is 0.140. The summed E-state index contributed by atoms with van der Waals surface area (Å²) in [6, 6.07) is 7.83. The molecule has 0 aliphatic carbocycles. The molecule has 0 amide bonds. The van der Waals surface area contributed by atoms with Gasteiger partial charge in [0.25, 0.3) is 0 Å². The molecule has 3 nitrogen and oxygen atoms in total. The van der Waals surface area contributed by atoms with Gasteiger partial charge >= 0.3 is 0 Å². The van der Waals surface area contributed by atoms with Gasteiger partial charge in [0.1, 0.15) is 11.4 Å². The highest BCUT2D eigenvalue weighted by Crippen LogP contribution is 2.43. The summed E-state index contributed by atoms with van der Waals surface area (Å²) in [7, 11) is 0. The summed E-state index contributed by atoms with van der Waals surface area (Å²) in [4.78, 5) is 0. The van der Waals surface area contributed by atoms with Gasteiger partial charge in [0.15, 0.2) is 0 Å². The molecule has 1 aromatic carbocycles. The standard InChI is InChI=1S/C13H17NO2/c15-11-9-13(5-7-14-8-6-13)16-12-4-2-1-3-10(11)12/h1-4,11,14-15H,5-9H2/t11-/m1/s1. The Kier molecular flexibility index (Phi) is 2.37. The van der Waals surface area contributed by atoms with Gasteiger partial charge in [0.2, 0.25) is 0 Å². The molecule has 1 spiro atoms. The van der Waals surface area contributed by atoms with E-state index in [0.29, 0.717) is 0 Å². The number of para-hydroxylation sites is 1. The number of aliphatic hydroxyl groups excluding tert-OH is 1. The molecule has 86 valence electrons. The van der Waals surface area contributed by atoms with E-state index in [0.717, 1.165) is 43.7 Å². The third kappa shape index (κ3) is 1.60.